The second-order valence-corrected chi connectivity index (χ2v) is 6.30. The molecule has 4 heteroatoms. The first-order valence-electron chi connectivity index (χ1n) is 7.47. The zero-order chi connectivity index (χ0) is 16.2. The van der Waals surface area contributed by atoms with Crippen molar-refractivity contribution in [1.82, 2.24) is 10.3 Å². The second kappa shape index (κ2) is 6.75. The van der Waals surface area contributed by atoms with E-state index < -0.39 is 0 Å². The Bertz CT molecular complexity index is 825. The maximum Gasteiger partial charge on any atom is 0.251 e. The Morgan fingerprint density at radius 2 is 2.09 bits per heavy atom. The number of hydrogen-bond acceptors (Lipinski definition) is 3. The van der Waals surface area contributed by atoms with Crippen LogP contribution in [0.15, 0.2) is 53.4 Å². The molecule has 1 amide bonds. The van der Waals surface area contributed by atoms with Crippen molar-refractivity contribution >= 4 is 17.2 Å². The number of hydrogen-bond donors (Lipinski definition) is 1. The number of amides is 1. The Labute approximate surface area is 140 Å². The molecule has 0 atom stereocenters. The summed E-state index contributed by atoms with van der Waals surface area (Å²) in [6.45, 7) is 4.45. The zero-order valence-electron chi connectivity index (χ0n) is 13.2. The SMILES string of the molecule is Cc1ccc(C(=O)NCc2cccnc2-c2ccsc2)c(C)c1. The monoisotopic (exact) mass is 322 g/mol. The van der Waals surface area contributed by atoms with Crippen LogP contribution >= 0.6 is 11.3 Å². The summed E-state index contributed by atoms with van der Waals surface area (Å²) in [5.74, 6) is -0.0531. The number of pyridine rings is 1. The molecule has 0 aliphatic carbocycles. The summed E-state index contributed by atoms with van der Waals surface area (Å²) in [4.78, 5) is 16.9. The van der Waals surface area contributed by atoms with E-state index in [0.29, 0.717) is 6.54 Å². The average molecular weight is 322 g/mol. The van der Waals surface area contributed by atoms with Gasteiger partial charge < -0.3 is 5.32 Å². The molecule has 0 radical (unpaired) electrons. The van der Waals surface area contributed by atoms with Gasteiger partial charge in [0.1, 0.15) is 0 Å². The summed E-state index contributed by atoms with van der Waals surface area (Å²) in [7, 11) is 0. The van der Waals surface area contributed by atoms with Crippen LogP contribution in [0.3, 0.4) is 0 Å². The van der Waals surface area contributed by atoms with Crippen molar-refractivity contribution in [2.75, 3.05) is 0 Å². The third-order valence-electron chi connectivity index (χ3n) is 3.75. The van der Waals surface area contributed by atoms with Crippen LogP contribution in [0.5, 0.6) is 0 Å². The molecule has 116 valence electrons. The van der Waals surface area contributed by atoms with Gasteiger partial charge in [-0.1, -0.05) is 23.8 Å². The van der Waals surface area contributed by atoms with Crippen molar-refractivity contribution < 1.29 is 4.79 Å². The molecule has 2 heterocycles. The average Bonchev–Trinajstić information content (AvgIpc) is 3.07. The molecule has 2 aromatic heterocycles. The summed E-state index contributed by atoms with van der Waals surface area (Å²) >= 11 is 1.64. The van der Waals surface area contributed by atoms with E-state index in [2.05, 4.69) is 15.7 Å². The highest BCUT2D eigenvalue weighted by molar-refractivity contribution is 7.08. The molecule has 0 unspecified atom stereocenters. The molecular formula is C19H18N2OS. The van der Waals surface area contributed by atoms with Gasteiger partial charge in [0, 0.05) is 29.2 Å². The molecule has 0 bridgehead atoms. The molecule has 23 heavy (non-hydrogen) atoms. The lowest BCUT2D eigenvalue weighted by Gasteiger charge is -2.11. The number of thiophene rings is 1. The highest BCUT2D eigenvalue weighted by Gasteiger charge is 2.11. The first-order valence-corrected chi connectivity index (χ1v) is 8.41. The number of nitrogens with zero attached hydrogens (tertiary/aromatic N) is 1. The van der Waals surface area contributed by atoms with E-state index in [-0.39, 0.29) is 5.91 Å². The third kappa shape index (κ3) is 3.48. The van der Waals surface area contributed by atoms with E-state index in [1.807, 2.05) is 55.6 Å². The van der Waals surface area contributed by atoms with Gasteiger partial charge in [-0.25, -0.2) is 0 Å². The van der Waals surface area contributed by atoms with Crippen LogP contribution in [0.25, 0.3) is 11.3 Å². The molecule has 3 aromatic rings. The number of aryl methyl sites for hydroxylation is 2. The highest BCUT2D eigenvalue weighted by Crippen LogP contribution is 2.23. The van der Waals surface area contributed by atoms with Gasteiger partial charge in [0.2, 0.25) is 0 Å². The first-order chi connectivity index (χ1) is 11.1. The zero-order valence-corrected chi connectivity index (χ0v) is 14.0. The number of carbonyl (C=O) groups excluding carboxylic acids is 1. The Kier molecular flexibility index (Phi) is 4.53. The second-order valence-electron chi connectivity index (χ2n) is 5.52. The molecule has 3 rings (SSSR count). The van der Waals surface area contributed by atoms with Gasteiger partial charge in [-0.3, -0.25) is 9.78 Å². The molecule has 3 nitrogen and oxygen atoms in total. The predicted molar refractivity (Wildman–Crippen MR) is 94.6 cm³/mol. The van der Waals surface area contributed by atoms with Crippen molar-refractivity contribution in [2.45, 2.75) is 20.4 Å². The third-order valence-corrected chi connectivity index (χ3v) is 4.44. The van der Waals surface area contributed by atoms with Crippen LogP contribution in [0.4, 0.5) is 0 Å². The van der Waals surface area contributed by atoms with E-state index in [1.54, 1.807) is 17.5 Å². The van der Waals surface area contributed by atoms with Crippen molar-refractivity contribution in [3.8, 4) is 11.3 Å². The summed E-state index contributed by atoms with van der Waals surface area (Å²) in [5, 5.41) is 7.10. The Balaban J connectivity index is 1.77. The van der Waals surface area contributed by atoms with Gasteiger partial charge in [-0.2, -0.15) is 11.3 Å². The standard InChI is InChI=1S/C19H18N2OS/c1-13-5-6-17(14(2)10-13)19(22)21-11-15-4-3-8-20-18(15)16-7-9-23-12-16/h3-10,12H,11H2,1-2H3,(H,21,22). The smallest absolute Gasteiger partial charge is 0.251 e. The van der Waals surface area contributed by atoms with Crippen LogP contribution in [-0.4, -0.2) is 10.9 Å². The molecule has 0 aliphatic rings. The lowest BCUT2D eigenvalue weighted by molar-refractivity contribution is 0.0950. The van der Waals surface area contributed by atoms with Gasteiger partial charge >= 0.3 is 0 Å². The van der Waals surface area contributed by atoms with Crippen LogP contribution in [-0.2, 0) is 6.54 Å². The fourth-order valence-corrected chi connectivity index (χ4v) is 3.22. The van der Waals surface area contributed by atoms with Crippen molar-refractivity contribution in [3.63, 3.8) is 0 Å². The predicted octanol–water partition coefficient (Wildman–Crippen LogP) is 4.36. The maximum atomic E-state index is 12.4. The Morgan fingerprint density at radius 3 is 2.83 bits per heavy atom. The summed E-state index contributed by atoms with van der Waals surface area (Å²) in [6.07, 6.45) is 1.78. The van der Waals surface area contributed by atoms with Gasteiger partial charge in [-0.15, -0.1) is 0 Å². The summed E-state index contributed by atoms with van der Waals surface area (Å²) < 4.78 is 0. The number of rotatable bonds is 4. The fraction of sp³-hybridized carbons (Fsp3) is 0.158. The first kappa shape index (κ1) is 15.4. The maximum absolute atomic E-state index is 12.4. The minimum absolute atomic E-state index is 0.0531. The molecule has 0 spiro atoms. The molecule has 1 aromatic carbocycles. The molecule has 0 saturated heterocycles. The van der Waals surface area contributed by atoms with E-state index in [0.717, 1.165) is 33.5 Å². The van der Waals surface area contributed by atoms with Crippen LogP contribution in [0.1, 0.15) is 27.0 Å². The van der Waals surface area contributed by atoms with E-state index >= 15 is 0 Å². The quantitative estimate of drug-likeness (QED) is 0.775. The number of benzene rings is 1. The van der Waals surface area contributed by atoms with Gasteiger partial charge in [-0.05, 0) is 48.6 Å². The lowest BCUT2D eigenvalue weighted by Crippen LogP contribution is -2.24. The summed E-state index contributed by atoms with van der Waals surface area (Å²) in [6, 6.07) is 11.8. The number of carbonyl (C=O) groups is 1. The van der Waals surface area contributed by atoms with Crippen molar-refractivity contribution in [3.05, 3.63) is 75.6 Å². The fourth-order valence-electron chi connectivity index (χ4n) is 2.58. The van der Waals surface area contributed by atoms with Crippen LogP contribution in [0, 0.1) is 13.8 Å². The molecule has 1 N–H and O–H groups in total. The molecule has 0 saturated carbocycles. The number of nitrogens with one attached hydrogen (secondary N) is 1. The Hall–Kier alpha value is -2.46. The van der Waals surface area contributed by atoms with Crippen molar-refractivity contribution in [2.24, 2.45) is 0 Å². The summed E-state index contributed by atoms with van der Waals surface area (Å²) in [5.41, 5.74) is 5.90. The normalized spacial score (nSPS) is 10.5. The van der Waals surface area contributed by atoms with Crippen LogP contribution in [0.2, 0.25) is 0 Å². The van der Waals surface area contributed by atoms with Crippen molar-refractivity contribution in [1.29, 1.82) is 0 Å². The van der Waals surface area contributed by atoms with Gasteiger partial charge in [0.05, 0.1) is 5.69 Å². The minimum Gasteiger partial charge on any atom is -0.348 e. The van der Waals surface area contributed by atoms with Gasteiger partial charge in [0.15, 0.2) is 0 Å². The highest BCUT2D eigenvalue weighted by atomic mass is 32.1. The minimum atomic E-state index is -0.0531. The molecule has 0 aliphatic heterocycles. The van der Waals surface area contributed by atoms with E-state index in [4.69, 9.17) is 0 Å². The van der Waals surface area contributed by atoms with Crippen LogP contribution < -0.4 is 5.32 Å². The number of aromatic nitrogens is 1. The molecule has 0 fully saturated rings. The van der Waals surface area contributed by atoms with E-state index in [1.165, 1.54) is 0 Å². The topological polar surface area (TPSA) is 42.0 Å². The largest absolute Gasteiger partial charge is 0.348 e. The lowest BCUT2D eigenvalue weighted by atomic mass is 10.0. The van der Waals surface area contributed by atoms with E-state index in [9.17, 15) is 4.79 Å². The van der Waals surface area contributed by atoms with Gasteiger partial charge in [0.25, 0.3) is 5.91 Å². The molecular weight excluding hydrogens is 304 g/mol. The Morgan fingerprint density at radius 1 is 1.22 bits per heavy atom.